The molecule has 1 aromatic heterocycles. The van der Waals surface area contributed by atoms with Crippen LogP contribution < -0.4 is 21.9 Å². The van der Waals surface area contributed by atoms with Crippen LogP contribution in [-0.2, 0) is 0 Å². The van der Waals surface area contributed by atoms with Gasteiger partial charge in [-0.05, 0) is 79.2 Å². The van der Waals surface area contributed by atoms with E-state index in [4.69, 9.17) is 14.9 Å². The molecule has 0 radical (unpaired) electrons. The van der Waals surface area contributed by atoms with Crippen LogP contribution in [0.2, 0.25) is 0 Å². The highest BCUT2D eigenvalue weighted by molar-refractivity contribution is 5.55. The fourth-order valence-corrected chi connectivity index (χ4v) is 2.96. The van der Waals surface area contributed by atoms with Crippen molar-refractivity contribution in [2.75, 3.05) is 6.61 Å². The first-order valence-electron chi connectivity index (χ1n) is 9.41. The van der Waals surface area contributed by atoms with Crippen molar-refractivity contribution < 1.29 is 21.9 Å². The SMILES string of the molecule is CCOc1ccc(-c2nn(-c3ccc(C)cc3)[n+](-c3ccc(C)cc3)n2)cc1.[Cl-]. The maximum absolute atomic E-state index is 5.54. The van der Waals surface area contributed by atoms with Gasteiger partial charge in [0, 0.05) is 4.80 Å². The van der Waals surface area contributed by atoms with Crippen molar-refractivity contribution in [3.05, 3.63) is 83.9 Å². The average Bonchev–Trinajstić information content (AvgIpc) is 3.15. The van der Waals surface area contributed by atoms with Crippen molar-refractivity contribution in [2.24, 2.45) is 0 Å². The summed E-state index contributed by atoms with van der Waals surface area (Å²) in [5, 5.41) is 9.57. The van der Waals surface area contributed by atoms with Gasteiger partial charge in [-0.15, -0.1) is 0 Å². The number of rotatable bonds is 5. The van der Waals surface area contributed by atoms with Gasteiger partial charge < -0.3 is 17.1 Å². The van der Waals surface area contributed by atoms with Gasteiger partial charge >= 0.3 is 5.82 Å². The van der Waals surface area contributed by atoms with Crippen LogP contribution in [0.4, 0.5) is 0 Å². The van der Waals surface area contributed by atoms with E-state index in [2.05, 4.69) is 62.4 Å². The van der Waals surface area contributed by atoms with Gasteiger partial charge in [-0.3, -0.25) is 0 Å². The highest BCUT2D eigenvalue weighted by Crippen LogP contribution is 2.19. The molecule has 3 aromatic carbocycles. The molecule has 0 fully saturated rings. The van der Waals surface area contributed by atoms with Crippen LogP contribution in [-0.4, -0.2) is 21.6 Å². The number of ether oxygens (including phenoxy) is 1. The first kappa shape index (κ1) is 20.6. The Morgan fingerprint density at radius 2 is 1.41 bits per heavy atom. The molecule has 0 amide bonds. The summed E-state index contributed by atoms with van der Waals surface area (Å²) in [7, 11) is 0. The van der Waals surface area contributed by atoms with Gasteiger partial charge in [0.05, 0.1) is 17.3 Å². The van der Waals surface area contributed by atoms with Crippen LogP contribution >= 0.6 is 0 Å². The van der Waals surface area contributed by atoms with E-state index < -0.39 is 0 Å². The van der Waals surface area contributed by atoms with E-state index in [-0.39, 0.29) is 12.4 Å². The minimum atomic E-state index is 0. The molecule has 6 heteroatoms. The largest absolute Gasteiger partial charge is 1.00 e. The van der Waals surface area contributed by atoms with E-state index in [1.54, 1.807) is 0 Å². The van der Waals surface area contributed by atoms with Gasteiger partial charge in [0.2, 0.25) is 0 Å². The zero-order chi connectivity index (χ0) is 19.5. The molecule has 0 N–H and O–H groups in total. The second kappa shape index (κ2) is 8.88. The highest BCUT2D eigenvalue weighted by atomic mass is 35.5. The normalized spacial score (nSPS) is 10.4. The van der Waals surface area contributed by atoms with E-state index >= 15 is 0 Å². The summed E-state index contributed by atoms with van der Waals surface area (Å²) in [6.45, 7) is 6.77. The minimum Gasteiger partial charge on any atom is -1.00 e. The Balaban J connectivity index is 0.00000240. The molecule has 148 valence electrons. The summed E-state index contributed by atoms with van der Waals surface area (Å²) < 4.78 is 5.54. The highest BCUT2D eigenvalue weighted by Gasteiger charge is 2.23. The third-order valence-electron chi connectivity index (χ3n) is 4.51. The van der Waals surface area contributed by atoms with Crippen LogP contribution in [0.15, 0.2) is 72.8 Å². The Labute approximate surface area is 177 Å². The van der Waals surface area contributed by atoms with Gasteiger partial charge in [-0.25, -0.2) is 0 Å². The van der Waals surface area contributed by atoms with Crippen LogP contribution in [0.5, 0.6) is 5.75 Å². The Bertz CT molecular complexity index is 1010. The van der Waals surface area contributed by atoms with Gasteiger partial charge in [-0.1, -0.05) is 35.4 Å². The Morgan fingerprint density at radius 1 is 0.828 bits per heavy atom. The molecule has 5 nitrogen and oxygen atoms in total. The first-order valence-corrected chi connectivity index (χ1v) is 9.41. The molecule has 4 aromatic rings. The van der Waals surface area contributed by atoms with Gasteiger partial charge in [0.25, 0.3) is 0 Å². The number of hydrogen-bond acceptors (Lipinski definition) is 3. The quantitative estimate of drug-likeness (QED) is 0.468. The number of benzene rings is 3. The smallest absolute Gasteiger partial charge is 0.340 e. The maximum atomic E-state index is 5.54. The molecule has 29 heavy (non-hydrogen) atoms. The van der Waals surface area contributed by atoms with E-state index in [0.29, 0.717) is 12.4 Å². The topological polar surface area (TPSA) is 43.8 Å². The summed E-state index contributed by atoms with van der Waals surface area (Å²) in [6, 6.07) is 24.4. The second-order valence-electron chi connectivity index (χ2n) is 6.73. The third-order valence-corrected chi connectivity index (χ3v) is 4.51. The van der Waals surface area contributed by atoms with Crippen molar-refractivity contribution in [1.29, 1.82) is 0 Å². The zero-order valence-electron chi connectivity index (χ0n) is 16.7. The van der Waals surface area contributed by atoms with Crippen molar-refractivity contribution in [1.82, 2.24) is 15.0 Å². The third kappa shape index (κ3) is 4.46. The lowest BCUT2D eigenvalue weighted by Gasteiger charge is -2.01. The number of aromatic nitrogens is 4. The molecule has 0 bridgehead atoms. The summed E-state index contributed by atoms with van der Waals surface area (Å²) in [4.78, 5) is 3.66. The second-order valence-corrected chi connectivity index (χ2v) is 6.73. The van der Waals surface area contributed by atoms with E-state index in [1.807, 2.05) is 40.8 Å². The molecule has 0 aliphatic heterocycles. The zero-order valence-corrected chi connectivity index (χ0v) is 17.5. The number of halogens is 1. The van der Waals surface area contributed by atoms with Gasteiger partial charge in [-0.2, -0.15) is 0 Å². The monoisotopic (exact) mass is 406 g/mol. The van der Waals surface area contributed by atoms with Gasteiger partial charge in [0.1, 0.15) is 11.4 Å². The first-order chi connectivity index (χ1) is 13.6. The van der Waals surface area contributed by atoms with E-state index in [9.17, 15) is 0 Å². The van der Waals surface area contributed by atoms with Crippen molar-refractivity contribution in [3.63, 3.8) is 0 Å². The predicted molar refractivity (Wildman–Crippen MR) is 109 cm³/mol. The molecule has 0 saturated heterocycles. The number of aryl methyl sites for hydroxylation is 2. The van der Waals surface area contributed by atoms with Crippen molar-refractivity contribution in [2.45, 2.75) is 20.8 Å². The molecule has 0 atom stereocenters. The molecule has 0 aliphatic carbocycles. The Kier molecular flexibility index (Phi) is 6.29. The molecule has 0 aliphatic rings. The van der Waals surface area contributed by atoms with Crippen LogP contribution in [0.1, 0.15) is 18.1 Å². The lowest BCUT2D eigenvalue weighted by atomic mass is 10.2. The van der Waals surface area contributed by atoms with Gasteiger partial charge in [0.15, 0.2) is 5.69 Å². The molecule has 0 unspecified atom stereocenters. The van der Waals surface area contributed by atoms with Crippen LogP contribution in [0.25, 0.3) is 22.8 Å². The Hall–Kier alpha value is -3.18. The molecule has 1 heterocycles. The van der Waals surface area contributed by atoms with E-state index in [0.717, 1.165) is 22.7 Å². The summed E-state index contributed by atoms with van der Waals surface area (Å²) in [5.74, 6) is 1.50. The standard InChI is InChI=1S/C23H23N4O.ClH/c1-4-28-22-15-9-19(10-16-22)23-24-26(20-11-5-17(2)6-12-20)27(25-23)21-13-7-18(3)8-14-21;/h5-16H,4H2,1-3H3;1H/q+1;/p-1. The van der Waals surface area contributed by atoms with Crippen LogP contribution in [0.3, 0.4) is 0 Å². The summed E-state index contributed by atoms with van der Waals surface area (Å²) in [6.07, 6.45) is 0. The fraction of sp³-hybridized carbons (Fsp3) is 0.174. The lowest BCUT2D eigenvalue weighted by molar-refractivity contribution is -0.734. The van der Waals surface area contributed by atoms with Crippen LogP contribution in [0, 0.1) is 13.8 Å². The number of hydrogen-bond donors (Lipinski definition) is 0. The molecule has 0 spiro atoms. The lowest BCUT2D eigenvalue weighted by Crippen LogP contribution is -3.00. The molecule has 4 rings (SSSR count). The molecule has 0 saturated carbocycles. The average molecular weight is 407 g/mol. The summed E-state index contributed by atoms with van der Waals surface area (Å²) in [5.41, 5.74) is 5.26. The summed E-state index contributed by atoms with van der Waals surface area (Å²) >= 11 is 0. The maximum Gasteiger partial charge on any atom is 0.340 e. The van der Waals surface area contributed by atoms with Crippen molar-refractivity contribution in [3.8, 4) is 28.5 Å². The minimum absolute atomic E-state index is 0. The molecular formula is C23H23ClN4O. The fourth-order valence-electron chi connectivity index (χ4n) is 2.96. The Morgan fingerprint density at radius 3 is 2.00 bits per heavy atom. The van der Waals surface area contributed by atoms with Crippen molar-refractivity contribution >= 4 is 0 Å². The predicted octanol–water partition coefficient (Wildman–Crippen LogP) is 1.23. The van der Waals surface area contributed by atoms with E-state index in [1.165, 1.54) is 11.1 Å². The number of nitrogens with zero attached hydrogens (tertiary/aromatic N) is 4. The molecular weight excluding hydrogens is 384 g/mol. The number of tetrazole rings is 1.